The van der Waals surface area contributed by atoms with Crippen LogP contribution in [-0.4, -0.2) is 29.3 Å². The van der Waals surface area contributed by atoms with Crippen molar-refractivity contribution in [2.24, 2.45) is 4.99 Å². The van der Waals surface area contributed by atoms with Crippen molar-refractivity contribution in [1.82, 2.24) is 20.4 Å². The Morgan fingerprint density at radius 2 is 1.68 bits per heavy atom. The third-order valence-electron chi connectivity index (χ3n) is 5.16. The largest absolute Gasteiger partial charge is 0.356 e. The molecule has 1 aliphatic carbocycles. The Balaban J connectivity index is 0.00000225. The zero-order valence-electron chi connectivity index (χ0n) is 16.0. The highest BCUT2D eigenvalue weighted by Gasteiger charge is 2.43. The summed E-state index contributed by atoms with van der Waals surface area (Å²) in [6.07, 6.45) is 4.43. The van der Waals surface area contributed by atoms with Gasteiger partial charge < -0.3 is 10.6 Å². The average molecular weight is 487 g/mol. The maximum absolute atomic E-state index is 4.63. The van der Waals surface area contributed by atoms with Gasteiger partial charge in [-0.05, 0) is 36.6 Å². The molecule has 1 fully saturated rings. The average Bonchev–Trinajstić information content (AvgIpc) is 3.38. The molecule has 0 aliphatic heterocycles. The van der Waals surface area contributed by atoms with Gasteiger partial charge in [-0.15, -0.1) is 24.0 Å². The second-order valence-corrected chi connectivity index (χ2v) is 7.01. The Bertz CT molecular complexity index is 901. The Morgan fingerprint density at radius 3 is 2.32 bits per heavy atom. The quantitative estimate of drug-likeness (QED) is 0.315. The number of benzene rings is 2. The molecule has 4 rings (SSSR count). The fourth-order valence-electron chi connectivity index (χ4n) is 3.34. The van der Waals surface area contributed by atoms with E-state index in [9.17, 15) is 0 Å². The summed E-state index contributed by atoms with van der Waals surface area (Å²) in [6, 6.07) is 22.9. The van der Waals surface area contributed by atoms with Gasteiger partial charge in [-0.3, -0.25) is 4.99 Å². The molecule has 0 unspecified atom stereocenters. The molecule has 2 aromatic carbocycles. The van der Waals surface area contributed by atoms with Gasteiger partial charge in [0, 0.05) is 25.2 Å². The van der Waals surface area contributed by atoms with Crippen molar-refractivity contribution < 1.29 is 0 Å². The van der Waals surface area contributed by atoms with Crippen molar-refractivity contribution in [3.8, 4) is 5.69 Å². The highest BCUT2D eigenvalue weighted by atomic mass is 127. The first-order valence-electron chi connectivity index (χ1n) is 9.39. The topological polar surface area (TPSA) is 54.2 Å². The first-order chi connectivity index (χ1) is 13.3. The van der Waals surface area contributed by atoms with Gasteiger partial charge in [-0.1, -0.05) is 48.5 Å². The summed E-state index contributed by atoms with van der Waals surface area (Å²) in [6.45, 7) is 1.53. The molecule has 3 aromatic rings. The second kappa shape index (κ2) is 9.23. The zero-order chi connectivity index (χ0) is 18.5. The van der Waals surface area contributed by atoms with Crippen molar-refractivity contribution in [3.63, 3.8) is 0 Å². The number of nitrogens with one attached hydrogen (secondary N) is 2. The van der Waals surface area contributed by atoms with Crippen molar-refractivity contribution in [2.45, 2.75) is 24.8 Å². The monoisotopic (exact) mass is 487 g/mol. The van der Waals surface area contributed by atoms with Gasteiger partial charge in [0.2, 0.25) is 0 Å². The lowest BCUT2D eigenvalue weighted by Gasteiger charge is -2.18. The minimum absolute atomic E-state index is 0. The predicted octanol–water partition coefficient (Wildman–Crippen LogP) is 3.89. The predicted molar refractivity (Wildman–Crippen MR) is 125 cm³/mol. The van der Waals surface area contributed by atoms with E-state index in [0.717, 1.165) is 23.9 Å². The normalized spacial score (nSPS) is 14.8. The summed E-state index contributed by atoms with van der Waals surface area (Å²) in [4.78, 5) is 4.35. The summed E-state index contributed by atoms with van der Waals surface area (Å²) < 4.78 is 1.89. The molecule has 5 nitrogen and oxygen atoms in total. The molecule has 0 amide bonds. The Hall–Kier alpha value is -2.35. The maximum Gasteiger partial charge on any atom is 0.191 e. The number of guanidine groups is 1. The number of aliphatic imine (C=N–C) groups is 1. The Labute approximate surface area is 183 Å². The summed E-state index contributed by atoms with van der Waals surface area (Å²) in [5.41, 5.74) is 3.71. The number of hydrogen-bond acceptors (Lipinski definition) is 2. The van der Waals surface area contributed by atoms with Crippen LogP contribution < -0.4 is 10.6 Å². The lowest BCUT2D eigenvalue weighted by atomic mass is 9.96. The standard InChI is InChI=1S/C22H25N5.HI/c1-23-21(25-17-22(13-14-22)18-8-4-2-5-9-18)24-16-19-12-15-27(26-19)20-10-6-3-7-11-20;/h2-12,15H,13-14,16-17H2,1H3,(H2,23,24,25);1H. The van der Waals surface area contributed by atoms with Crippen LogP contribution in [0.1, 0.15) is 24.1 Å². The van der Waals surface area contributed by atoms with Gasteiger partial charge in [0.25, 0.3) is 0 Å². The van der Waals surface area contributed by atoms with Crippen molar-refractivity contribution in [3.05, 3.63) is 84.2 Å². The highest BCUT2D eigenvalue weighted by Crippen LogP contribution is 2.47. The number of rotatable bonds is 6. The highest BCUT2D eigenvalue weighted by molar-refractivity contribution is 14.0. The third kappa shape index (κ3) is 4.73. The third-order valence-corrected chi connectivity index (χ3v) is 5.16. The number of aromatic nitrogens is 2. The van der Waals surface area contributed by atoms with E-state index in [1.54, 1.807) is 7.05 Å². The number of nitrogens with zero attached hydrogens (tertiary/aromatic N) is 3. The molecule has 1 saturated carbocycles. The van der Waals surface area contributed by atoms with E-state index in [1.165, 1.54) is 18.4 Å². The van der Waals surface area contributed by atoms with Gasteiger partial charge >= 0.3 is 0 Å². The van der Waals surface area contributed by atoms with Crippen LogP contribution in [0.15, 0.2) is 77.9 Å². The smallest absolute Gasteiger partial charge is 0.191 e. The molecular formula is C22H26IN5. The van der Waals surface area contributed by atoms with E-state index in [1.807, 2.05) is 47.3 Å². The summed E-state index contributed by atoms with van der Waals surface area (Å²) >= 11 is 0. The molecule has 6 heteroatoms. The van der Waals surface area contributed by atoms with E-state index in [2.05, 4.69) is 51.1 Å². The van der Waals surface area contributed by atoms with Crippen LogP contribution in [0, 0.1) is 0 Å². The first-order valence-corrected chi connectivity index (χ1v) is 9.39. The van der Waals surface area contributed by atoms with Crippen LogP contribution in [0.3, 0.4) is 0 Å². The van der Waals surface area contributed by atoms with Crippen molar-refractivity contribution in [2.75, 3.05) is 13.6 Å². The molecule has 0 spiro atoms. The van der Waals surface area contributed by atoms with Crippen molar-refractivity contribution in [1.29, 1.82) is 0 Å². The number of para-hydroxylation sites is 1. The number of hydrogen-bond donors (Lipinski definition) is 2. The van der Waals surface area contributed by atoms with Gasteiger partial charge in [0.05, 0.1) is 17.9 Å². The molecule has 1 aromatic heterocycles. The van der Waals surface area contributed by atoms with Crippen LogP contribution in [0.25, 0.3) is 5.69 Å². The fraction of sp³-hybridized carbons (Fsp3) is 0.273. The number of halogens is 1. The summed E-state index contributed by atoms with van der Waals surface area (Å²) in [5, 5.41) is 11.5. The molecular weight excluding hydrogens is 461 g/mol. The molecule has 1 heterocycles. The maximum atomic E-state index is 4.63. The van der Waals surface area contributed by atoms with Crippen LogP contribution in [0.2, 0.25) is 0 Å². The molecule has 0 atom stereocenters. The van der Waals surface area contributed by atoms with Crippen LogP contribution in [0.4, 0.5) is 0 Å². The van der Waals surface area contributed by atoms with E-state index in [0.29, 0.717) is 6.54 Å². The second-order valence-electron chi connectivity index (χ2n) is 7.01. The summed E-state index contributed by atoms with van der Waals surface area (Å²) in [7, 11) is 1.81. The molecule has 0 bridgehead atoms. The van der Waals surface area contributed by atoms with E-state index < -0.39 is 0 Å². The van der Waals surface area contributed by atoms with Crippen LogP contribution >= 0.6 is 24.0 Å². The molecule has 2 N–H and O–H groups in total. The molecule has 146 valence electrons. The summed E-state index contributed by atoms with van der Waals surface area (Å²) in [5.74, 6) is 0.812. The first kappa shape index (κ1) is 20.4. The van der Waals surface area contributed by atoms with Gasteiger partial charge in [0.15, 0.2) is 5.96 Å². The van der Waals surface area contributed by atoms with Gasteiger partial charge in [0.1, 0.15) is 0 Å². The molecule has 1 aliphatic rings. The van der Waals surface area contributed by atoms with E-state index >= 15 is 0 Å². The molecule has 0 saturated heterocycles. The fourth-order valence-corrected chi connectivity index (χ4v) is 3.34. The van der Waals surface area contributed by atoms with Gasteiger partial charge in [-0.2, -0.15) is 5.10 Å². The van der Waals surface area contributed by atoms with E-state index in [4.69, 9.17) is 0 Å². The minimum atomic E-state index is 0. The lowest BCUT2D eigenvalue weighted by Crippen LogP contribution is -2.41. The molecule has 0 radical (unpaired) electrons. The van der Waals surface area contributed by atoms with Crippen LogP contribution in [0.5, 0.6) is 0 Å². The Morgan fingerprint density at radius 1 is 1.00 bits per heavy atom. The molecule has 28 heavy (non-hydrogen) atoms. The van der Waals surface area contributed by atoms with Crippen LogP contribution in [-0.2, 0) is 12.0 Å². The Kier molecular flexibility index (Phi) is 6.72. The van der Waals surface area contributed by atoms with Gasteiger partial charge in [-0.25, -0.2) is 4.68 Å². The zero-order valence-corrected chi connectivity index (χ0v) is 18.3. The van der Waals surface area contributed by atoms with E-state index in [-0.39, 0.29) is 29.4 Å². The lowest BCUT2D eigenvalue weighted by molar-refractivity contribution is 0.644. The minimum Gasteiger partial charge on any atom is -0.356 e. The van der Waals surface area contributed by atoms with Crippen molar-refractivity contribution >= 4 is 29.9 Å². The SMILES string of the molecule is CN=C(NCc1ccn(-c2ccccc2)n1)NCC1(c2ccccc2)CC1.I.